The third kappa shape index (κ3) is 5.16. The topological polar surface area (TPSA) is 90.5 Å². The molecule has 0 aliphatic rings. The molecule has 0 atom stereocenters. The quantitative estimate of drug-likeness (QED) is 0.277. The first-order valence-electron chi connectivity index (χ1n) is 7.65. The van der Waals surface area contributed by atoms with E-state index in [2.05, 4.69) is 20.0 Å². The zero-order chi connectivity index (χ0) is 20.4. The first kappa shape index (κ1) is 20.6. The van der Waals surface area contributed by atoms with E-state index < -0.39 is 28.7 Å². The van der Waals surface area contributed by atoms with Crippen LogP contribution in [0.25, 0.3) is 0 Å². The van der Waals surface area contributed by atoms with Crippen molar-refractivity contribution in [1.29, 1.82) is 0 Å². The second-order valence-corrected chi connectivity index (χ2v) is 6.92. The van der Waals surface area contributed by atoms with E-state index in [0.29, 0.717) is 11.8 Å². The summed E-state index contributed by atoms with van der Waals surface area (Å²) in [6.45, 7) is 6.11. The van der Waals surface area contributed by atoms with Gasteiger partial charge >= 0.3 is 12.1 Å². The van der Waals surface area contributed by atoms with Crippen LogP contribution >= 0.6 is 11.6 Å². The molecule has 10 heteroatoms. The lowest BCUT2D eigenvalue weighted by atomic mass is 9.87. The number of nitrogens with two attached hydrogens (primary N) is 1. The van der Waals surface area contributed by atoms with Crippen LogP contribution in [0.5, 0.6) is 0 Å². The normalized spacial score (nSPS) is 12.8. The van der Waals surface area contributed by atoms with E-state index in [1.54, 1.807) is 12.1 Å². The van der Waals surface area contributed by atoms with Gasteiger partial charge < -0.3 is 10.6 Å². The molecule has 0 saturated carbocycles. The van der Waals surface area contributed by atoms with Gasteiger partial charge in [0.05, 0.1) is 0 Å². The number of rotatable bonds is 3. The number of benzene rings is 1. The number of hydrogen-bond donors (Lipinski definition) is 1. The summed E-state index contributed by atoms with van der Waals surface area (Å²) in [5.41, 5.74) is 4.70. The third-order valence-electron chi connectivity index (χ3n) is 3.52. The summed E-state index contributed by atoms with van der Waals surface area (Å²) < 4.78 is 38.9. The lowest BCUT2D eigenvalue weighted by Crippen LogP contribution is -2.19. The Labute approximate surface area is 158 Å². The molecule has 0 bridgehead atoms. The van der Waals surface area contributed by atoms with Gasteiger partial charge in [-0.3, -0.25) is 0 Å². The Kier molecular flexibility index (Phi) is 5.74. The van der Waals surface area contributed by atoms with Gasteiger partial charge in [0.25, 0.3) is 0 Å². The Morgan fingerprint density at radius 3 is 2.30 bits per heavy atom. The fourth-order valence-corrected chi connectivity index (χ4v) is 2.19. The summed E-state index contributed by atoms with van der Waals surface area (Å²) in [6.07, 6.45) is -4.30. The van der Waals surface area contributed by atoms with E-state index in [4.69, 9.17) is 17.3 Å². The van der Waals surface area contributed by atoms with Gasteiger partial charge in [0.15, 0.2) is 11.5 Å². The van der Waals surface area contributed by atoms with Gasteiger partial charge in [-0.2, -0.15) is 13.2 Å². The van der Waals surface area contributed by atoms with Crippen molar-refractivity contribution in [2.75, 3.05) is 0 Å². The van der Waals surface area contributed by atoms with E-state index in [9.17, 15) is 18.0 Å². The van der Waals surface area contributed by atoms with Gasteiger partial charge in [0.2, 0.25) is 5.28 Å². The Morgan fingerprint density at radius 1 is 1.19 bits per heavy atom. The Hall–Kier alpha value is -2.68. The first-order valence-corrected chi connectivity index (χ1v) is 8.03. The Balaban J connectivity index is 2.22. The van der Waals surface area contributed by atoms with Gasteiger partial charge in [-0.05, 0) is 22.6 Å². The molecular formula is C17H16ClF3N4O2. The van der Waals surface area contributed by atoms with Crippen LogP contribution in [0.2, 0.25) is 5.28 Å². The van der Waals surface area contributed by atoms with Crippen molar-refractivity contribution in [3.8, 4) is 0 Å². The number of oxime groups is 1. The molecular weight excluding hydrogens is 385 g/mol. The molecule has 1 heterocycles. The number of carbonyl (C=O) groups is 1. The predicted octanol–water partition coefficient (Wildman–Crippen LogP) is 3.92. The van der Waals surface area contributed by atoms with Crippen molar-refractivity contribution < 1.29 is 22.8 Å². The highest BCUT2D eigenvalue weighted by Crippen LogP contribution is 2.31. The molecule has 2 N–H and O–H groups in total. The van der Waals surface area contributed by atoms with Crippen molar-refractivity contribution in [2.24, 2.45) is 10.9 Å². The summed E-state index contributed by atoms with van der Waals surface area (Å²) in [6, 6.07) is 6.99. The van der Waals surface area contributed by atoms with Crippen molar-refractivity contribution in [3.05, 3.63) is 58.1 Å². The lowest BCUT2D eigenvalue weighted by molar-refractivity contribution is -0.141. The van der Waals surface area contributed by atoms with E-state index in [1.807, 2.05) is 32.9 Å². The molecule has 27 heavy (non-hydrogen) atoms. The molecule has 0 saturated heterocycles. The van der Waals surface area contributed by atoms with E-state index >= 15 is 0 Å². The molecule has 144 valence electrons. The van der Waals surface area contributed by atoms with Gasteiger partial charge in [-0.15, -0.1) is 0 Å². The molecule has 0 radical (unpaired) electrons. The zero-order valence-electron chi connectivity index (χ0n) is 14.6. The Bertz CT molecular complexity index is 875. The van der Waals surface area contributed by atoms with Crippen LogP contribution in [0.3, 0.4) is 0 Å². The van der Waals surface area contributed by atoms with Crippen LogP contribution in [-0.4, -0.2) is 21.8 Å². The predicted molar refractivity (Wildman–Crippen MR) is 93.3 cm³/mol. The Morgan fingerprint density at radius 2 is 1.78 bits per heavy atom. The van der Waals surface area contributed by atoms with Crippen LogP contribution < -0.4 is 5.73 Å². The molecule has 2 aromatic rings. The average Bonchev–Trinajstić information content (AvgIpc) is 2.58. The SMILES string of the molecule is CC(C)(C)c1ccc(/C(N)=N/OC(=O)c2cnc(Cl)nc2C(F)(F)F)cc1. The maximum absolute atomic E-state index is 13.0. The molecule has 0 fully saturated rings. The van der Waals surface area contributed by atoms with Crippen LogP contribution in [-0.2, 0) is 16.4 Å². The summed E-state index contributed by atoms with van der Waals surface area (Å²) >= 11 is 5.36. The number of nitrogens with zero attached hydrogens (tertiary/aromatic N) is 3. The van der Waals surface area contributed by atoms with E-state index in [-0.39, 0.29) is 11.3 Å². The van der Waals surface area contributed by atoms with Crippen LogP contribution in [0, 0.1) is 0 Å². The highest BCUT2D eigenvalue weighted by molar-refractivity contribution is 6.28. The van der Waals surface area contributed by atoms with E-state index in [0.717, 1.165) is 5.56 Å². The lowest BCUT2D eigenvalue weighted by Gasteiger charge is -2.18. The van der Waals surface area contributed by atoms with Crippen LogP contribution in [0.15, 0.2) is 35.6 Å². The zero-order valence-corrected chi connectivity index (χ0v) is 15.4. The number of aromatic nitrogens is 2. The van der Waals surface area contributed by atoms with Crippen molar-refractivity contribution in [3.63, 3.8) is 0 Å². The molecule has 0 amide bonds. The van der Waals surface area contributed by atoms with Gasteiger partial charge in [-0.25, -0.2) is 14.8 Å². The fourth-order valence-electron chi connectivity index (χ4n) is 2.06. The maximum Gasteiger partial charge on any atom is 0.434 e. The van der Waals surface area contributed by atoms with Crippen LogP contribution in [0.1, 0.15) is 48.0 Å². The van der Waals surface area contributed by atoms with Crippen LogP contribution in [0.4, 0.5) is 13.2 Å². The van der Waals surface area contributed by atoms with Crippen molar-refractivity contribution in [2.45, 2.75) is 32.4 Å². The molecule has 6 nitrogen and oxygen atoms in total. The standard InChI is InChI=1S/C17H16ClF3N4O2/c1-16(2,3)10-6-4-9(5-7-10)13(22)25-27-14(26)11-8-23-15(18)24-12(11)17(19,20)21/h4-8H,1-3H3,(H2,22,25). The highest BCUT2D eigenvalue weighted by Gasteiger charge is 2.38. The minimum absolute atomic E-state index is 0.0700. The minimum Gasteiger partial charge on any atom is -0.380 e. The summed E-state index contributed by atoms with van der Waals surface area (Å²) in [7, 11) is 0. The van der Waals surface area contributed by atoms with Crippen molar-refractivity contribution in [1.82, 2.24) is 9.97 Å². The third-order valence-corrected chi connectivity index (χ3v) is 3.70. The molecule has 0 aliphatic carbocycles. The van der Waals surface area contributed by atoms with Gasteiger partial charge in [0, 0.05) is 11.8 Å². The summed E-state index contributed by atoms with van der Waals surface area (Å²) in [5.74, 6) is -1.58. The largest absolute Gasteiger partial charge is 0.434 e. The van der Waals surface area contributed by atoms with Gasteiger partial charge in [0.1, 0.15) is 5.56 Å². The second kappa shape index (κ2) is 7.51. The number of hydrogen-bond acceptors (Lipinski definition) is 5. The maximum atomic E-state index is 13.0. The molecule has 0 spiro atoms. The smallest absolute Gasteiger partial charge is 0.380 e. The van der Waals surface area contributed by atoms with Gasteiger partial charge in [-0.1, -0.05) is 50.2 Å². The number of amidine groups is 1. The first-order chi connectivity index (χ1) is 12.4. The molecule has 0 aliphatic heterocycles. The number of halogens is 4. The number of carbonyl (C=O) groups excluding carboxylic acids is 1. The highest BCUT2D eigenvalue weighted by atomic mass is 35.5. The molecule has 2 rings (SSSR count). The minimum atomic E-state index is -4.92. The molecule has 1 aromatic carbocycles. The number of alkyl halides is 3. The molecule has 0 unspecified atom stereocenters. The average molecular weight is 401 g/mol. The summed E-state index contributed by atoms with van der Waals surface area (Å²) in [4.78, 5) is 22.9. The fraction of sp³-hybridized carbons (Fsp3) is 0.294. The molecule has 1 aromatic heterocycles. The van der Waals surface area contributed by atoms with E-state index in [1.165, 1.54) is 0 Å². The van der Waals surface area contributed by atoms with Crippen molar-refractivity contribution >= 4 is 23.4 Å². The monoisotopic (exact) mass is 400 g/mol. The second-order valence-electron chi connectivity index (χ2n) is 6.58. The summed E-state index contributed by atoms with van der Waals surface area (Å²) in [5, 5.41) is 2.75.